The molecule has 0 saturated carbocycles. The summed E-state index contributed by atoms with van der Waals surface area (Å²) in [6.45, 7) is 9.14. The Morgan fingerprint density at radius 2 is 1.81 bits per heavy atom. The molecule has 0 aromatic heterocycles. The third-order valence-corrected chi connectivity index (χ3v) is 5.96. The molecule has 2 aromatic carbocycles. The van der Waals surface area contributed by atoms with Gasteiger partial charge in [-0.25, -0.2) is 0 Å². The molecule has 0 amide bonds. The van der Waals surface area contributed by atoms with E-state index in [1.165, 1.54) is 27.9 Å². The zero-order chi connectivity index (χ0) is 18.6. The molecule has 4 heteroatoms. The molecule has 4 rings (SSSR count). The molecule has 2 N–H and O–H groups in total. The minimum atomic E-state index is 0.232. The van der Waals surface area contributed by atoms with Gasteiger partial charge in [0.15, 0.2) is 0 Å². The van der Waals surface area contributed by atoms with Crippen molar-refractivity contribution in [1.82, 2.24) is 4.90 Å². The summed E-state index contributed by atoms with van der Waals surface area (Å²) in [5, 5.41) is 0. The minimum Gasteiger partial charge on any atom is -0.373 e. The maximum Gasteiger partial charge on any atom is 0.0839 e. The van der Waals surface area contributed by atoms with Crippen molar-refractivity contribution in [3.8, 4) is 0 Å². The summed E-state index contributed by atoms with van der Waals surface area (Å²) in [5.74, 6) is 0. The van der Waals surface area contributed by atoms with Crippen molar-refractivity contribution in [3.05, 3.63) is 64.7 Å². The third-order valence-electron chi connectivity index (χ3n) is 5.96. The van der Waals surface area contributed by atoms with E-state index in [0.717, 1.165) is 52.2 Å². The van der Waals surface area contributed by atoms with Crippen LogP contribution < -0.4 is 10.6 Å². The second-order valence-electron chi connectivity index (χ2n) is 7.80. The molecule has 2 aliphatic rings. The average molecular weight is 366 g/mol. The van der Waals surface area contributed by atoms with Crippen molar-refractivity contribution in [3.63, 3.8) is 0 Å². The number of aryl methyl sites for hydroxylation is 1. The lowest BCUT2D eigenvalue weighted by molar-refractivity contribution is 0.0289. The van der Waals surface area contributed by atoms with Crippen LogP contribution in [0.4, 0.5) is 5.69 Å². The van der Waals surface area contributed by atoms with Crippen molar-refractivity contribution in [2.75, 3.05) is 44.2 Å². The van der Waals surface area contributed by atoms with Crippen molar-refractivity contribution >= 4 is 5.69 Å². The van der Waals surface area contributed by atoms with Crippen LogP contribution in [0.5, 0.6) is 0 Å². The second kappa shape index (κ2) is 8.42. The molecule has 0 aliphatic carbocycles. The molecule has 1 saturated heterocycles. The van der Waals surface area contributed by atoms with Crippen molar-refractivity contribution in [2.45, 2.75) is 32.4 Å². The third kappa shape index (κ3) is 4.34. The standard InChI is InChI=1S/C23H31N3O/c1-18-2-5-21(6-3-18)26-13-11-25(12-14-26)10-8-23-22-7-4-19(17-24)16-20(22)9-15-27-23/h2-7,16,23H,8-15,17,24H2,1H3. The Labute approximate surface area is 162 Å². The van der Waals surface area contributed by atoms with Gasteiger partial charge in [-0.15, -0.1) is 0 Å². The van der Waals surface area contributed by atoms with Crippen LogP contribution in [-0.2, 0) is 17.7 Å². The summed E-state index contributed by atoms with van der Waals surface area (Å²) >= 11 is 0. The van der Waals surface area contributed by atoms with Gasteiger partial charge in [-0.1, -0.05) is 35.9 Å². The van der Waals surface area contributed by atoms with Crippen LogP contribution in [0.2, 0.25) is 0 Å². The molecule has 1 atom stereocenters. The Balaban J connectivity index is 1.30. The molecule has 1 unspecified atom stereocenters. The SMILES string of the molecule is Cc1ccc(N2CCN(CCC3OCCc4cc(CN)ccc43)CC2)cc1. The van der Waals surface area contributed by atoms with Gasteiger partial charge in [-0.3, -0.25) is 4.90 Å². The topological polar surface area (TPSA) is 41.7 Å². The first kappa shape index (κ1) is 18.5. The zero-order valence-electron chi connectivity index (χ0n) is 16.4. The summed E-state index contributed by atoms with van der Waals surface area (Å²) in [5.41, 5.74) is 12.5. The number of nitrogens with two attached hydrogens (primary N) is 1. The predicted octanol–water partition coefficient (Wildman–Crippen LogP) is 3.28. The average Bonchev–Trinajstić information content (AvgIpc) is 2.72. The van der Waals surface area contributed by atoms with Gasteiger partial charge < -0.3 is 15.4 Å². The summed E-state index contributed by atoms with van der Waals surface area (Å²) in [6.07, 6.45) is 2.31. The summed E-state index contributed by atoms with van der Waals surface area (Å²) in [6, 6.07) is 15.6. The Morgan fingerprint density at radius 1 is 1.04 bits per heavy atom. The molecule has 0 bridgehead atoms. The van der Waals surface area contributed by atoms with Crippen LogP contribution in [0.1, 0.15) is 34.8 Å². The normalized spacial score (nSPS) is 20.5. The molecular weight excluding hydrogens is 334 g/mol. The van der Waals surface area contributed by atoms with Gasteiger partial charge in [-0.2, -0.15) is 0 Å². The Morgan fingerprint density at radius 3 is 2.56 bits per heavy atom. The quantitative estimate of drug-likeness (QED) is 0.883. The van der Waals surface area contributed by atoms with Crippen LogP contribution >= 0.6 is 0 Å². The first-order valence-electron chi connectivity index (χ1n) is 10.2. The molecule has 0 spiro atoms. The molecule has 0 radical (unpaired) electrons. The lowest BCUT2D eigenvalue weighted by Crippen LogP contribution is -2.46. The maximum atomic E-state index is 6.10. The van der Waals surface area contributed by atoms with Gasteiger partial charge in [-0.05, 0) is 48.6 Å². The van der Waals surface area contributed by atoms with Crippen LogP contribution in [-0.4, -0.2) is 44.2 Å². The number of anilines is 1. The molecule has 27 heavy (non-hydrogen) atoms. The fraction of sp³-hybridized carbons (Fsp3) is 0.478. The van der Waals surface area contributed by atoms with E-state index in [1.54, 1.807) is 0 Å². The van der Waals surface area contributed by atoms with Crippen LogP contribution in [0.15, 0.2) is 42.5 Å². The van der Waals surface area contributed by atoms with Crippen molar-refractivity contribution < 1.29 is 4.74 Å². The predicted molar refractivity (Wildman–Crippen MR) is 111 cm³/mol. The summed E-state index contributed by atoms with van der Waals surface area (Å²) in [4.78, 5) is 5.08. The van der Waals surface area contributed by atoms with E-state index in [1.807, 2.05) is 0 Å². The first-order valence-corrected chi connectivity index (χ1v) is 10.2. The lowest BCUT2D eigenvalue weighted by atomic mass is 9.93. The highest BCUT2D eigenvalue weighted by Crippen LogP contribution is 2.30. The monoisotopic (exact) mass is 365 g/mol. The van der Waals surface area contributed by atoms with E-state index in [4.69, 9.17) is 10.5 Å². The fourth-order valence-corrected chi connectivity index (χ4v) is 4.24. The second-order valence-corrected chi connectivity index (χ2v) is 7.80. The highest BCUT2D eigenvalue weighted by atomic mass is 16.5. The van der Waals surface area contributed by atoms with E-state index in [9.17, 15) is 0 Å². The minimum absolute atomic E-state index is 0.232. The van der Waals surface area contributed by atoms with E-state index < -0.39 is 0 Å². The smallest absolute Gasteiger partial charge is 0.0839 e. The maximum absolute atomic E-state index is 6.10. The van der Waals surface area contributed by atoms with E-state index in [2.05, 4.69) is 59.2 Å². The van der Waals surface area contributed by atoms with Crippen LogP contribution in [0.25, 0.3) is 0 Å². The van der Waals surface area contributed by atoms with Crippen molar-refractivity contribution in [1.29, 1.82) is 0 Å². The van der Waals surface area contributed by atoms with Crippen molar-refractivity contribution in [2.24, 2.45) is 5.73 Å². The molecular formula is C23H31N3O. The number of ether oxygens (including phenoxy) is 1. The summed E-state index contributed by atoms with van der Waals surface area (Å²) in [7, 11) is 0. The number of hydrogen-bond acceptors (Lipinski definition) is 4. The first-order chi connectivity index (χ1) is 13.2. The van der Waals surface area contributed by atoms with Gasteiger partial charge in [0.05, 0.1) is 12.7 Å². The molecule has 2 aromatic rings. The number of nitrogens with zero attached hydrogens (tertiary/aromatic N) is 2. The number of fused-ring (bicyclic) bond motifs is 1. The van der Waals surface area contributed by atoms with Gasteiger partial charge in [0.1, 0.15) is 0 Å². The van der Waals surface area contributed by atoms with Gasteiger partial charge >= 0.3 is 0 Å². The fourth-order valence-electron chi connectivity index (χ4n) is 4.24. The molecule has 1 fully saturated rings. The number of benzene rings is 2. The lowest BCUT2D eigenvalue weighted by Gasteiger charge is -2.37. The largest absolute Gasteiger partial charge is 0.373 e. The van der Waals surface area contributed by atoms with Gasteiger partial charge in [0.2, 0.25) is 0 Å². The highest BCUT2D eigenvalue weighted by Gasteiger charge is 2.23. The van der Waals surface area contributed by atoms with E-state index >= 15 is 0 Å². The van der Waals surface area contributed by atoms with Gasteiger partial charge in [0.25, 0.3) is 0 Å². The zero-order valence-corrected chi connectivity index (χ0v) is 16.4. The van der Waals surface area contributed by atoms with E-state index in [0.29, 0.717) is 6.54 Å². The molecule has 2 aliphatic heterocycles. The Kier molecular flexibility index (Phi) is 5.77. The molecule has 2 heterocycles. The Hall–Kier alpha value is -1.88. The van der Waals surface area contributed by atoms with E-state index in [-0.39, 0.29) is 6.10 Å². The van der Waals surface area contributed by atoms with Crippen LogP contribution in [0.3, 0.4) is 0 Å². The number of piperazine rings is 1. The highest BCUT2D eigenvalue weighted by molar-refractivity contribution is 5.47. The Bertz CT molecular complexity index is 751. The van der Waals surface area contributed by atoms with Gasteiger partial charge in [0, 0.05) is 45.0 Å². The van der Waals surface area contributed by atoms with Crippen LogP contribution in [0, 0.1) is 6.92 Å². The number of hydrogen-bond donors (Lipinski definition) is 1. The molecule has 144 valence electrons. The number of rotatable bonds is 5. The summed E-state index contributed by atoms with van der Waals surface area (Å²) < 4.78 is 6.10. The molecule has 4 nitrogen and oxygen atoms in total.